The molecular weight excluding hydrogens is 276 g/mol. The van der Waals surface area contributed by atoms with Crippen LogP contribution in [-0.4, -0.2) is 19.7 Å². The molecule has 2 aromatic heterocycles. The molecule has 0 fully saturated rings. The van der Waals surface area contributed by atoms with Crippen LogP contribution in [0, 0.1) is 0 Å². The Hall–Kier alpha value is -1.60. The molecule has 0 spiro atoms. The van der Waals surface area contributed by atoms with E-state index in [0.717, 1.165) is 5.56 Å². The van der Waals surface area contributed by atoms with E-state index in [4.69, 9.17) is 11.6 Å². The van der Waals surface area contributed by atoms with Crippen LogP contribution >= 0.6 is 23.4 Å². The molecule has 0 atom stereocenters. The van der Waals surface area contributed by atoms with E-state index >= 15 is 0 Å². The number of nitrogens with zero attached hydrogens (tertiary/aromatic N) is 3. The van der Waals surface area contributed by atoms with E-state index in [0.29, 0.717) is 16.1 Å². The fourth-order valence-electron chi connectivity index (χ4n) is 1.23. The minimum atomic E-state index is -0.787. The first-order chi connectivity index (χ1) is 8.56. The summed E-state index contributed by atoms with van der Waals surface area (Å²) in [6.45, 7) is 0. The summed E-state index contributed by atoms with van der Waals surface area (Å²) in [4.78, 5) is 29.8. The molecule has 2 rings (SSSR count). The Morgan fingerprint density at radius 1 is 1.44 bits per heavy atom. The summed E-state index contributed by atoms with van der Waals surface area (Å²) in [5.74, 6) is 0.580. The molecule has 1 N–H and O–H groups in total. The lowest BCUT2D eigenvalue weighted by atomic mass is 10.3. The monoisotopic (exact) mass is 284 g/mol. The topological polar surface area (TPSA) is 80.6 Å². The SMILES string of the molecule is Cn1[nH]c(=O)c(=O)nc1SCc1ccc(Cl)nc1. The van der Waals surface area contributed by atoms with Crippen LogP contribution in [0.4, 0.5) is 0 Å². The minimum absolute atomic E-state index is 0.429. The second kappa shape index (κ2) is 5.36. The Morgan fingerprint density at radius 2 is 2.22 bits per heavy atom. The first kappa shape index (κ1) is 12.8. The molecule has 0 saturated carbocycles. The zero-order valence-corrected chi connectivity index (χ0v) is 11.0. The molecule has 0 unspecified atom stereocenters. The maximum atomic E-state index is 11.1. The number of rotatable bonds is 3. The van der Waals surface area contributed by atoms with E-state index in [9.17, 15) is 9.59 Å². The van der Waals surface area contributed by atoms with Crippen molar-refractivity contribution in [3.05, 3.63) is 49.8 Å². The van der Waals surface area contributed by atoms with Gasteiger partial charge in [-0.1, -0.05) is 29.4 Å². The largest absolute Gasteiger partial charge is 0.339 e. The lowest BCUT2D eigenvalue weighted by molar-refractivity contribution is 0.596. The summed E-state index contributed by atoms with van der Waals surface area (Å²) >= 11 is 7.00. The first-order valence-electron chi connectivity index (χ1n) is 4.97. The molecule has 0 aromatic carbocycles. The lowest BCUT2D eigenvalue weighted by Gasteiger charge is -2.05. The van der Waals surface area contributed by atoms with E-state index in [1.54, 1.807) is 19.3 Å². The zero-order valence-electron chi connectivity index (χ0n) is 9.38. The van der Waals surface area contributed by atoms with Crippen molar-refractivity contribution in [2.24, 2.45) is 7.05 Å². The van der Waals surface area contributed by atoms with Crippen LogP contribution in [0.15, 0.2) is 33.1 Å². The number of pyridine rings is 1. The van der Waals surface area contributed by atoms with E-state index < -0.39 is 11.1 Å². The van der Waals surface area contributed by atoms with Gasteiger partial charge in [-0.25, -0.2) is 4.98 Å². The van der Waals surface area contributed by atoms with Crippen LogP contribution in [0.5, 0.6) is 0 Å². The van der Waals surface area contributed by atoms with Crippen LogP contribution in [0.25, 0.3) is 0 Å². The van der Waals surface area contributed by atoms with Gasteiger partial charge in [0, 0.05) is 19.0 Å². The number of halogens is 1. The second-order valence-electron chi connectivity index (χ2n) is 3.48. The molecule has 0 aliphatic carbocycles. The number of aryl methyl sites for hydroxylation is 1. The molecule has 0 amide bonds. The summed E-state index contributed by atoms with van der Waals surface area (Å²) in [6, 6.07) is 3.53. The minimum Gasteiger partial charge on any atom is -0.265 e. The van der Waals surface area contributed by atoms with Crippen LogP contribution in [0.2, 0.25) is 5.15 Å². The highest BCUT2D eigenvalue weighted by Gasteiger charge is 2.05. The van der Waals surface area contributed by atoms with Gasteiger partial charge in [-0.2, -0.15) is 4.98 Å². The van der Waals surface area contributed by atoms with Gasteiger partial charge in [-0.15, -0.1) is 0 Å². The molecule has 2 heterocycles. The molecule has 2 aromatic rings. The van der Waals surface area contributed by atoms with Gasteiger partial charge in [0.05, 0.1) is 0 Å². The first-order valence-corrected chi connectivity index (χ1v) is 6.33. The van der Waals surface area contributed by atoms with Crippen molar-refractivity contribution in [2.75, 3.05) is 0 Å². The summed E-state index contributed by atoms with van der Waals surface area (Å²) < 4.78 is 1.41. The average molecular weight is 285 g/mol. The second-order valence-corrected chi connectivity index (χ2v) is 4.81. The number of hydrogen-bond donors (Lipinski definition) is 1. The van der Waals surface area contributed by atoms with Gasteiger partial charge < -0.3 is 0 Å². The number of H-pyrrole nitrogens is 1. The molecule has 0 radical (unpaired) electrons. The van der Waals surface area contributed by atoms with Crippen molar-refractivity contribution < 1.29 is 0 Å². The Bertz CT molecular complexity index is 665. The summed E-state index contributed by atoms with van der Waals surface area (Å²) in [7, 11) is 1.62. The highest BCUT2D eigenvalue weighted by molar-refractivity contribution is 7.98. The Balaban J connectivity index is 2.15. The summed E-state index contributed by atoms with van der Waals surface area (Å²) in [5.41, 5.74) is -0.565. The molecule has 0 saturated heterocycles. The maximum absolute atomic E-state index is 11.1. The van der Waals surface area contributed by atoms with Crippen molar-refractivity contribution in [3.8, 4) is 0 Å². The Labute approximate surface area is 111 Å². The normalized spacial score (nSPS) is 10.6. The van der Waals surface area contributed by atoms with Crippen molar-refractivity contribution in [3.63, 3.8) is 0 Å². The van der Waals surface area contributed by atoms with Gasteiger partial charge in [-0.3, -0.25) is 19.4 Å². The number of hydrogen-bond acceptors (Lipinski definition) is 5. The molecule has 6 nitrogen and oxygen atoms in total. The quantitative estimate of drug-likeness (QED) is 0.512. The Kier molecular flexibility index (Phi) is 3.83. The van der Waals surface area contributed by atoms with Gasteiger partial charge in [0.25, 0.3) is 0 Å². The van der Waals surface area contributed by atoms with Crippen molar-refractivity contribution in [2.45, 2.75) is 10.9 Å². The van der Waals surface area contributed by atoms with Gasteiger partial charge in [0.2, 0.25) is 0 Å². The van der Waals surface area contributed by atoms with Crippen LogP contribution in [0.3, 0.4) is 0 Å². The smallest absolute Gasteiger partial charge is 0.265 e. The standard InChI is InChI=1S/C10H9ClN4O2S/c1-15-10(13-8(16)9(17)14-15)18-5-6-2-3-7(11)12-4-6/h2-4H,5H2,1H3,(H,14,17). The average Bonchev–Trinajstić information content (AvgIpc) is 2.34. The van der Waals surface area contributed by atoms with Crippen molar-refractivity contribution >= 4 is 23.4 Å². The van der Waals surface area contributed by atoms with Crippen LogP contribution in [0.1, 0.15) is 5.56 Å². The number of aromatic amines is 1. The maximum Gasteiger partial charge on any atom is 0.339 e. The summed E-state index contributed by atoms with van der Waals surface area (Å²) in [5, 5.41) is 3.25. The predicted molar refractivity (Wildman–Crippen MR) is 68.9 cm³/mol. The van der Waals surface area contributed by atoms with Gasteiger partial charge in [0.1, 0.15) is 5.15 Å². The van der Waals surface area contributed by atoms with Crippen molar-refractivity contribution in [1.82, 2.24) is 19.7 Å². The van der Waals surface area contributed by atoms with E-state index in [1.165, 1.54) is 16.4 Å². The molecule has 0 bridgehead atoms. The van der Waals surface area contributed by atoms with Crippen molar-refractivity contribution in [1.29, 1.82) is 0 Å². The van der Waals surface area contributed by atoms with Gasteiger partial charge in [-0.05, 0) is 11.6 Å². The number of nitrogens with one attached hydrogen (secondary N) is 1. The lowest BCUT2D eigenvalue weighted by Crippen LogP contribution is -2.33. The van der Waals surface area contributed by atoms with E-state index in [1.807, 2.05) is 6.07 Å². The Morgan fingerprint density at radius 3 is 2.89 bits per heavy atom. The zero-order chi connectivity index (χ0) is 13.1. The molecule has 94 valence electrons. The molecule has 18 heavy (non-hydrogen) atoms. The molecular formula is C10H9ClN4O2S. The van der Waals surface area contributed by atoms with Crippen LogP contribution in [-0.2, 0) is 12.8 Å². The van der Waals surface area contributed by atoms with E-state index in [2.05, 4.69) is 15.1 Å². The molecule has 0 aliphatic rings. The number of thioether (sulfide) groups is 1. The van der Waals surface area contributed by atoms with Crippen LogP contribution < -0.4 is 11.1 Å². The fourth-order valence-corrected chi connectivity index (χ4v) is 2.19. The molecule has 8 heteroatoms. The van der Waals surface area contributed by atoms with E-state index in [-0.39, 0.29) is 0 Å². The third-order valence-electron chi connectivity index (χ3n) is 2.10. The summed E-state index contributed by atoms with van der Waals surface area (Å²) in [6.07, 6.45) is 1.65. The fraction of sp³-hybridized carbons (Fsp3) is 0.200. The third kappa shape index (κ3) is 2.99. The molecule has 0 aliphatic heterocycles. The third-order valence-corrected chi connectivity index (χ3v) is 3.43. The highest BCUT2D eigenvalue weighted by atomic mass is 35.5. The van der Waals surface area contributed by atoms with Gasteiger partial charge in [0.15, 0.2) is 5.16 Å². The predicted octanol–water partition coefficient (Wildman–Crippen LogP) is 0.809. The van der Waals surface area contributed by atoms with Gasteiger partial charge >= 0.3 is 11.1 Å². The number of aromatic nitrogens is 4. The highest BCUT2D eigenvalue weighted by Crippen LogP contribution is 2.18.